The first kappa shape index (κ1) is 26.8. The lowest BCUT2D eigenvalue weighted by molar-refractivity contribution is -0.119. The normalized spacial score (nSPS) is 13.0. The Morgan fingerprint density at radius 2 is 1.90 bits per heavy atom. The van der Waals surface area contributed by atoms with E-state index >= 15 is 0 Å². The minimum absolute atomic E-state index is 0.0482. The third-order valence-corrected chi connectivity index (χ3v) is 7.11. The van der Waals surface area contributed by atoms with Gasteiger partial charge in [-0.15, -0.1) is 11.3 Å². The predicted molar refractivity (Wildman–Crippen MR) is 149 cm³/mol. The summed E-state index contributed by atoms with van der Waals surface area (Å²) in [6.07, 6.45) is 0.115. The molecule has 0 aliphatic carbocycles. The van der Waals surface area contributed by atoms with Crippen LogP contribution in [-0.2, 0) is 16.0 Å². The van der Waals surface area contributed by atoms with Gasteiger partial charge in [-0.1, -0.05) is 12.1 Å². The molecular formula is C27H27N5O7S. The highest BCUT2D eigenvalue weighted by Gasteiger charge is 2.30. The predicted octanol–water partition coefficient (Wildman–Crippen LogP) is 3.05. The van der Waals surface area contributed by atoms with E-state index in [0.717, 1.165) is 22.6 Å². The van der Waals surface area contributed by atoms with Gasteiger partial charge >= 0.3 is 11.7 Å². The van der Waals surface area contributed by atoms with Crippen molar-refractivity contribution in [3.63, 3.8) is 0 Å². The summed E-state index contributed by atoms with van der Waals surface area (Å²) in [6, 6.07) is 11.5. The number of nitrogens with one attached hydrogen (secondary N) is 2. The smallest absolute Gasteiger partial charge is 0.357 e. The monoisotopic (exact) mass is 565 g/mol. The zero-order chi connectivity index (χ0) is 28.4. The van der Waals surface area contributed by atoms with Crippen LogP contribution < -0.4 is 25.4 Å². The molecule has 12 nitrogen and oxygen atoms in total. The summed E-state index contributed by atoms with van der Waals surface area (Å²) in [7, 11) is 5.08. The van der Waals surface area contributed by atoms with Gasteiger partial charge in [0.1, 0.15) is 24.9 Å². The number of aromatic nitrogens is 3. The van der Waals surface area contributed by atoms with Crippen molar-refractivity contribution in [2.75, 3.05) is 44.6 Å². The maximum atomic E-state index is 13.8. The number of anilines is 2. The number of hydrogen-bond acceptors (Lipinski definition) is 10. The van der Waals surface area contributed by atoms with Crippen molar-refractivity contribution >= 4 is 34.0 Å². The summed E-state index contributed by atoms with van der Waals surface area (Å²) in [5, 5.41) is 15.1. The van der Waals surface area contributed by atoms with Gasteiger partial charge in [0.2, 0.25) is 11.8 Å². The zero-order valence-electron chi connectivity index (χ0n) is 22.0. The number of methoxy groups -OCH3 is 1. The van der Waals surface area contributed by atoms with Crippen LogP contribution >= 0.6 is 11.3 Å². The molecule has 2 aromatic carbocycles. The Hall–Kier alpha value is -4.78. The standard InChI is InChI=1S/C27H27N5O7S/c1-31(2)17-7-4-15(5-8-17)12-19(23(33)29-26-28-18(14-40-26)25(35)37-3)32-22(24(34)30-27(32)36)16-6-9-20-21(13-16)39-11-10-38-20/h4-9,13-14,19,34H,10-12H2,1-3H3,(H,30,36)(H,28,29,33). The van der Waals surface area contributed by atoms with E-state index in [1.54, 1.807) is 18.2 Å². The average Bonchev–Trinajstić information content (AvgIpc) is 3.54. The first-order valence-corrected chi connectivity index (χ1v) is 13.2. The zero-order valence-corrected chi connectivity index (χ0v) is 22.8. The molecule has 1 unspecified atom stereocenters. The highest BCUT2D eigenvalue weighted by atomic mass is 32.1. The molecule has 0 bridgehead atoms. The fourth-order valence-corrected chi connectivity index (χ4v) is 5.06. The van der Waals surface area contributed by atoms with Crippen molar-refractivity contribution in [1.82, 2.24) is 14.5 Å². The van der Waals surface area contributed by atoms with Crippen molar-refractivity contribution in [1.29, 1.82) is 0 Å². The molecule has 5 rings (SSSR count). The van der Waals surface area contributed by atoms with Gasteiger partial charge in [0.05, 0.1) is 7.11 Å². The molecule has 40 heavy (non-hydrogen) atoms. The van der Waals surface area contributed by atoms with Crippen LogP contribution in [0, 0.1) is 0 Å². The number of H-pyrrole nitrogens is 1. The summed E-state index contributed by atoms with van der Waals surface area (Å²) < 4.78 is 17.2. The minimum atomic E-state index is -1.11. The molecule has 0 radical (unpaired) electrons. The van der Waals surface area contributed by atoms with Gasteiger partial charge < -0.3 is 29.5 Å². The topological polar surface area (TPSA) is 148 Å². The Labute approximate surface area is 232 Å². The lowest BCUT2D eigenvalue weighted by Gasteiger charge is -2.22. The summed E-state index contributed by atoms with van der Waals surface area (Å²) in [5.41, 5.74) is 1.68. The van der Waals surface area contributed by atoms with Crippen molar-refractivity contribution in [3.05, 3.63) is 69.6 Å². The second-order valence-corrected chi connectivity index (χ2v) is 10.0. The summed E-state index contributed by atoms with van der Waals surface area (Å²) in [6.45, 7) is 0.771. The number of aromatic hydroxyl groups is 1. The van der Waals surface area contributed by atoms with E-state index in [1.165, 1.54) is 17.1 Å². The van der Waals surface area contributed by atoms with Crippen LogP contribution in [0.3, 0.4) is 0 Å². The number of nitrogens with zero attached hydrogens (tertiary/aromatic N) is 3. The van der Waals surface area contributed by atoms with Crippen molar-refractivity contribution in [2.45, 2.75) is 12.5 Å². The van der Waals surface area contributed by atoms with Gasteiger partial charge in [0.15, 0.2) is 22.3 Å². The highest BCUT2D eigenvalue weighted by Crippen LogP contribution is 2.38. The van der Waals surface area contributed by atoms with Gasteiger partial charge in [-0.05, 0) is 35.9 Å². The molecule has 4 aromatic rings. The molecule has 1 atom stereocenters. The number of fused-ring (bicyclic) bond motifs is 1. The largest absolute Gasteiger partial charge is 0.493 e. The molecule has 0 saturated heterocycles. The van der Waals surface area contributed by atoms with E-state index in [4.69, 9.17) is 14.2 Å². The van der Waals surface area contributed by atoms with E-state index in [9.17, 15) is 19.5 Å². The Bertz CT molecular complexity index is 1610. The number of benzene rings is 2. The van der Waals surface area contributed by atoms with E-state index < -0.39 is 29.5 Å². The minimum Gasteiger partial charge on any atom is -0.493 e. The van der Waals surface area contributed by atoms with Gasteiger partial charge in [0, 0.05) is 37.1 Å². The highest BCUT2D eigenvalue weighted by molar-refractivity contribution is 7.14. The van der Waals surface area contributed by atoms with Gasteiger partial charge in [-0.3, -0.25) is 14.3 Å². The Morgan fingerprint density at radius 3 is 2.60 bits per heavy atom. The second kappa shape index (κ2) is 11.1. The maximum absolute atomic E-state index is 13.8. The lowest BCUT2D eigenvalue weighted by atomic mass is 10.0. The molecule has 13 heteroatoms. The Morgan fingerprint density at radius 1 is 1.18 bits per heavy atom. The van der Waals surface area contributed by atoms with Crippen LogP contribution in [-0.4, -0.2) is 65.9 Å². The summed E-state index contributed by atoms with van der Waals surface area (Å²) in [5.74, 6) is -0.602. The molecule has 208 valence electrons. The number of carbonyl (C=O) groups excluding carboxylic acids is 2. The third kappa shape index (κ3) is 5.36. The van der Waals surface area contributed by atoms with Gasteiger partial charge in [-0.25, -0.2) is 14.6 Å². The molecule has 2 aromatic heterocycles. The van der Waals surface area contributed by atoms with Crippen molar-refractivity contribution < 1.29 is 28.9 Å². The quantitative estimate of drug-likeness (QED) is 0.274. The van der Waals surface area contributed by atoms with Crippen LogP contribution in [0.1, 0.15) is 22.1 Å². The molecule has 3 heterocycles. The molecular weight excluding hydrogens is 538 g/mol. The first-order valence-electron chi connectivity index (χ1n) is 12.3. The first-order chi connectivity index (χ1) is 19.2. The number of rotatable bonds is 8. The maximum Gasteiger partial charge on any atom is 0.357 e. The number of hydrogen-bond donors (Lipinski definition) is 3. The molecule has 0 fully saturated rings. The summed E-state index contributed by atoms with van der Waals surface area (Å²) >= 11 is 1.05. The van der Waals surface area contributed by atoms with Gasteiger partial charge in [-0.2, -0.15) is 0 Å². The van der Waals surface area contributed by atoms with Crippen LogP contribution in [0.2, 0.25) is 0 Å². The van der Waals surface area contributed by atoms with Crippen molar-refractivity contribution in [2.24, 2.45) is 0 Å². The molecule has 0 saturated carbocycles. The van der Waals surface area contributed by atoms with E-state index in [0.29, 0.717) is 30.3 Å². The lowest BCUT2D eigenvalue weighted by Crippen LogP contribution is -2.34. The SMILES string of the molecule is COC(=O)c1csc(NC(=O)C(Cc2ccc(N(C)C)cc2)n2c(-c3ccc4c(c3)OCCO4)c(O)[nH]c2=O)n1. The molecule has 1 aliphatic rings. The van der Waals surface area contributed by atoms with E-state index in [2.05, 4.69) is 15.3 Å². The number of esters is 1. The number of ether oxygens (including phenoxy) is 3. The molecule has 3 N–H and O–H groups in total. The Balaban J connectivity index is 1.56. The molecule has 1 aliphatic heterocycles. The molecule has 0 spiro atoms. The molecule has 1 amide bonds. The number of amides is 1. The Kier molecular flexibility index (Phi) is 7.47. The van der Waals surface area contributed by atoms with Crippen molar-refractivity contribution in [3.8, 4) is 28.6 Å². The van der Waals surface area contributed by atoms with Gasteiger partial charge in [0.25, 0.3) is 0 Å². The number of thiazole rings is 1. The fraction of sp³-hybridized carbons (Fsp3) is 0.259. The van der Waals surface area contributed by atoms with Crippen LogP contribution in [0.4, 0.5) is 10.8 Å². The number of imidazole rings is 1. The van der Waals surface area contributed by atoms with E-state index in [1.807, 2.05) is 43.3 Å². The average molecular weight is 566 g/mol. The third-order valence-electron chi connectivity index (χ3n) is 6.35. The second-order valence-electron chi connectivity index (χ2n) is 9.16. The van der Waals surface area contributed by atoms with E-state index in [-0.39, 0.29) is 22.9 Å². The fourth-order valence-electron chi connectivity index (χ4n) is 4.37. The van der Waals surface area contributed by atoms with Crippen LogP contribution in [0.25, 0.3) is 11.3 Å². The van der Waals surface area contributed by atoms with Crippen LogP contribution in [0.15, 0.2) is 52.6 Å². The summed E-state index contributed by atoms with van der Waals surface area (Å²) in [4.78, 5) is 47.3. The van der Waals surface area contributed by atoms with Crippen LogP contribution in [0.5, 0.6) is 17.4 Å². The number of aromatic amines is 1. The number of carbonyl (C=O) groups is 2.